The molecule has 12 nitrogen and oxygen atoms in total. The predicted octanol–water partition coefficient (Wildman–Crippen LogP) is 1.71. The fourth-order valence-electron chi connectivity index (χ4n) is 5.65. The second-order valence-electron chi connectivity index (χ2n) is 12.6. The van der Waals surface area contributed by atoms with Gasteiger partial charge in [0.1, 0.15) is 24.2 Å². The quantitative estimate of drug-likeness (QED) is 0.437. The van der Waals surface area contributed by atoms with Crippen LogP contribution in [0.2, 0.25) is 0 Å². The Bertz CT molecular complexity index is 1030. The summed E-state index contributed by atoms with van der Waals surface area (Å²) in [5.41, 5.74) is 0. The first-order valence-corrected chi connectivity index (χ1v) is 15.8. The fraction of sp³-hybridized carbons (Fsp3) is 0.806. The zero-order valence-electron chi connectivity index (χ0n) is 27.5. The molecule has 1 unspecified atom stereocenters. The summed E-state index contributed by atoms with van der Waals surface area (Å²) in [5.74, 6) is -3.27. The number of ether oxygens (including phenoxy) is 1. The van der Waals surface area contributed by atoms with Crippen LogP contribution < -0.4 is 10.6 Å². The van der Waals surface area contributed by atoms with Gasteiger partial charge in [-0.1, -0.05) is 54.4 Å². The van der Waals surface area contributed by atoms with E-state index in [-0.39, 0.29) is 37.1 Å². The van der Waals surface area contributed by atoms with Gasteiger partial charge in [0.2, 0.25) is 23.6 Å². The number of cyclic esters (lactones) is 1. The standard InChI is InChI=1S/C31H53N5O7/c1-10-19(5)25-30(41)35(9)26(20(6)11-2)31(42)34(8)21(7)27(38)32-15-14-24(37)43-23(17-18(3)4)29(40)36-16-12-13-22(36)28(39)33-25/h18-23,25-26H,10-17H2,1-9H3,(H,32,38)(H,33,39)/t19-,20-,21-,22-,23+,25-,26?/m0/s1. The van der Waals surface area contributed by atoms with E-state index in [4.69, 9.17) is 4.74 Å². The summed E-state index contributed by atoms with van der Waals surface area (Å²) in [5, 5.41) is 5.60. The number of hydrogen-bond acceptors (Lipinski definition) is 7. The molecule has 2 rings (SSSR count). The van der Waals surface area contributed by atoms with Crippen molar-refractivity contribution in [3.05, 3.63) is 0 Å². The molecular formula is C31H53N5O7. The first kappa shape index (κ1) is 36.0. The molecule has 0 spiro atoms. The van der Waals surface area contributed by atoms with Crippen LogP contribution in [0.5, 0.6) is 0 Å². The number of hydrogen-bond donors (Lipinski definition) is 2. The van der Waals surface area contributed by atoms with Crippen LogP contribution >= 0.6 is 0 Å². The Morgan fingerprint density at radius 1 is 0.860 bits per heavy atom. The summed E-state index contributed by atoms with van der Waals surface area (Å²) in [6, 6.07) is -3.50. The van der Waals surface area contributed by atoms with Gasteiger partial charge in [-0.05, 0) is 43.9 Å². The van der Waals surface area contributed by atoms with E-state index in [1.807, 2.05) is 41.5 Å². The molecule has 2 fully saturated rings. The first-order chi connectivity index (χ1) is 20.2. The molecule has 7 atom stereocenters. The Balaban J connectivity index is 2.56. The molecule has 0 aromatic carbocycles. The zero-order valence-corrected chi connectivity index (χ0v) is 27.5. The van der Waals surface area contributed by atoms with Crippen LogP contribution in [-0.4, -0.2) is 108 Å². The zero-order chi connectivity index (χ0) is 32.6. The molecule has 43 heavy (non-hydrogen) atoms. The minimum atomic E-state index is -1.07. The van der Waals surface area contributed by atoms with E-state index in [2.05, 4.69) is 10.6 Å². The van der Waals surface area contributed by atoms with Crippen molar-refractivity contribution in [3.63, 3.8) is 0 Å². The highest BCUT2D eigenvalue weighted by molar-refractivity contribution is 5.96. The Morgan fingerprint density at radius 3 is 2.07 bits per heavy atom. The molecule has 5 amide bonds. The fourth-order valence-corrected chi connectivity index (χ4v) is 5.65. The van der Waals surface area contributed by atoms with Crippen LogP contribution in [0.3, 0.4) is 0 Å². The molecule has 244 valence electrons. The van der Waals surface area contributed by atoms with Gasteiger partial charge in [0.05, 0.1) is 6.42 Å². The van der Waals surface area contributed by atoms with Crippen molar-refractivity contribution >= 4 is 35.5 Å². The minimum absolute atomic E-state index is 0.0354. The number of likely N-dealkylation sites (N-methyl/N-ethyl adjacent to an activating group) is 2. The van der Waals surface area contributed by atoms with Gasteiger partial charge >= 0.3 is 5.97 Å². The molecule has 0 aliphatic carbocycles. The maximum atomic E-state index is 14.0. The van der Waals surface area contributed by atoms with E-state index in [1.165, 1.54) is 21.7 Å². The van der Waals surface area contributed by atoms with Crippen molar-refractivity contribution in [2.24, 2.45) is 17.8 Å². The number of esters is 1. The lowest BCUT2D eigenvalue weighted by atomic mass is 9.92. The summed E-state index contributed by atoms with van der Waals surface area (Å²) < 4.78 is 5.60. The molecule has 12 heteroatoms. The number of carbonyl (C=O) groups is 6. The molecule has 0 saturated carbocycles. The topological polar surface area (TPSA) is 145 Å². The Hall–Kier alpha value is -3.18. The van der Waals surface area contributed by atoms with E-state index in [0.29, 0.717) is 32.2 Å². The summed E-state index contributed by atoms with van der Waals surface area (Å²) in [6.45, 7) is 13.3. The number of fused-ring (bicyclic) bond motifs is 1. The van der Waals surface area contributed by atoms with Crippen molar-refractivity contribution in [2.75, 3.05) is 27.2 Å². The highest BCUT2D eigenvalue weighted by Crippen LogP contribution is 2.24. The van der Waals surface area contributed by atoms with Gasteiger partial charge < -0.3 is 30.1 Å². The molecule has 0 bridgehead atoms. The van der Waals surface area contributed by atoms with Gasteiger partial charge in [-0.2, -0.15) is 0 Å². The summed E-state index contributed by atoms with van der Waals surface area (Å²) >= 11 is 0. The molecule has 2 heterocycles. The van der Waals surface area contributed by atoms with Gasteiger partial charge in [-0.15, -0.1) is 0 Å². The van der Waals surface area contributed by atoms with Crippen LogP contribution in [0, 0.1) is 17.8 Å². The second kappa shape index (κ2) is 16.0. The number of nitrogens with zero attached hydrogens (tertiary/aromatic N) is 3. The molecule has 0 radical (unpaired) electrons. The maximum absolute atomic E-state index is 14.0. The van der Waals surface area contributed by atoms with E-state index < -0.39 is 65.8 Å². The van der Waals surface area contributed by atoms with Crippen molar-refractivity contribution in [1.29, 1.82) is 0 Å². The van der Waals surface area contributed by atoms with Crippen LogP contribution in [0.15, 0.2) is 0 Å². The highest BCUT2D eigenvalue weighted by Gasteiger charge is 2.43. The van der Waals surface area contributed by atoms with Crippen molar-refractivity contribution < 1.29 is 33.5 Å². The van der Waals surface area contributed by atoms with Crippen molar-refractivity contribution in [3.8, 4) is 0 Å². The van der Waals surface area contributed by atoms with E-state index in [9.17, 15) is 28.8 Å². The minimum Gasteiger partial charge on any atom is -0.452 e. The van der Waals surface area contributed by atoms with E-state index >= 15 is 0 Å². The van der Waals surface area contributed by atoms with Gasteiger partial charge in [-0.25, -0.2) is 0 Å². The van der Waals surface area contributed by atoms with Gasteiger partial charge in [0.15, 0.2) is 6.10 Å². The molecule has 2 aliphatic rings. The normalized spacial score (nSPS) is 28.9. The van der Waals surface area contributed by atoms with Crippen LogP contribution in [0.25, 0.3) is 0 Å². The Morgan fingerprint density at radius 2 is 1.49 bits per heavy atom. The van der Waals surface area contributed by atoms with Crippen molar-refractivity contribution in [1.82, 2.24) is 25.3 Å². The Labute approximate surface area is 256 Å². The third kappa shape index (κ3) is 8.92. The van der Waals surface area contributed by atoms with Crippen LogP contribution in [0.4, 0.5) is 0 Å². The summed E-state index contributed by atoms with van der Waals surface area (Å²) in [4.78, 5) is 85.1. The number of nitrogens with one attached hydrogen (secondary N) is 2. The molecule has 2 aliphatic heterocycles. The average molecular weight is 608 g/mol. The Kier molecular flexibility index (Phi) is 13.4. The molecule has 0 aromatic heterocycles. The second-order valence-corrected chi connectivity index (χ2v) is 12.6. The lowest BCUT2D eigenvalue weighted by Crippen LogP contribution is -2.61. The predicted molar refractivity (Wildman–Crippen MR) is 161 cm³/mol. The highest BCUT2D eigenvalue weighted by atomic mass is 16.5. The monoisotopic (exact) mass is 607 g/mol. The molecule has 2 N–H and O–H groups in total. The first-order valence-electron chi connectivity index (χ1n) is 15.8. The van der Waals surface area contributed by atoms with Gasteiger partial charge in [-0.3, -0.25) is 28.8 Å². The summed E-state index contributed by atoms with van der Waals surface area (Å²) in [7, 11) is 3.08. The third-order valence-electron chi connectivity index (χ3n) is 8.99. The number of amides is 5. The van der Waals surface area contributed by atoms with E-state index in [0.717, 1.165) is 0 Å². The van der Waals surface area contributed by atoms with Gasteiger partial charge in [0, 0.05) is 27.2 Å². The SMILES string of the molecule is CC[C@H](C)C1C(=O)N(C)[C@@H](C)C(=O)NCCC(=O)O[C@H](CC(C)C)C(=O)N2CCC[C@H]2C(=O)N[C@@H]([C@@H](C)CC)C(=O)N1C. The van der Waals surface area contributed by atoms with E-state index in [1.54, 1.807) is 14.0 Å². The van der Waals surface area contributed by atoms with Gasteiger partial charge in [0.25, 0.3) is 5.91 Å². The lowest BCUT2D eigenvalue weighted by molar-refractivity contribution is -0.162. The number of carbonyl (C=O) groups excluding carboxylic acids is 6. The lowest BCUT2D eigenvalue weighted by Gasteiger charge is -2.38. The molecule has 2 saturated heterocycles. The molecular weight excluding hydrogens is 554 g/mol. The number of rotatable bonds is 6. The smallest absolute Gasteiger partial charge is 0.308 e. The van der Waals surface area contributed by atoms with Crippen LogP contribution in [0.1, 0.15) is 87.0 Å². The van der Waals surface area contributed by atoms with Crippen molar-refractivity contribution in [2.45, 2.75) is 117 Å². The summed E-state index contributed by atoms with van der Waals surface area (Å²) in [6.07, 6.45) is 1.24. The third-order valence-corrected chi connectivity index (χ3v) is 8.99. The molecule has 0 aromatic rings. The maximum Gasteiger partial charge on any atom is 0.308 e. The average Bonchev–Trinajstić information content (AvgIpc) is 3.46. The van der Waals surface area contributed by atoms with Crippen LogP contribution in [-0.2, 0) is 33.5 Å². The largest absolute Gasteiger partial charge is 0.452 e.